The smallest absolute Gasteiger partial charge is 0.341 e. The van der Waals surface area contributed by atoms with E-state index in [1.165, 1.54) is 39.0 Å². The van der Waals surface area contributed by atoms with Crippen molar-refractivity contribution in [3.63, 3.8) is 0 Å². The van der Waals surface area contributed by atoms with E-state index in [2.05, 4.69) is 84.9 Å². The van der Waals surface area contributed by atoms with Crippen molar-refractivity contribution in [3.05, 3.63) is 125 Å². The van der Waals surface area contributed by atoms with E-state index in [-0.39, 0.29) is 6.61 Å². The quantitative estimate of drug-likeness (QED) is 0.272. The molecule has 1 aliphatic rings. The van der Waals surface area contributed by atoms with E-state index in [1.54, 1.807) is 11.8 Å². The van der Waals surface area contributed by atoms with Crippen LogP contribution in [0.1, 0.15) is 27.8 Å². The van der Waals surface area contributed by atoms with Crippen molar-refractivity contribution >= 4 is 23.3 Å². The van der Waals surface area contributed by atoms with E-state index in [1.807, 2.05) is 19.1 Å². The average Bonchev–Trinajstić information content (AvgIpc) is 3.05. The van der Waals surface area contributed by atoms with Gasteiger partial charge in [-0.15, -0.1) is 11.8 Å². The zero-order chi connectivity index (χ0) is 24.9. The number of ether oxygens (including phenoxy) is 1. The number of hydrogen-bond donors (Lipinski definition) is 1. The lowest BCUT2D eigenvalue weighted by Gasteiger charge is -2.14. The van der Waals surface area contributed by atoms with Crippen molar-refractivity contribution in [3.8, 4) is 16.9 Å². The number of carboxylic acids is 1. The SMILES string of the molecule is Cc1cc(SCC=C2c3ccccc3CCc3cc(-c4ccccc4)ccc32)ccc1OCC(=O)O. The van der Waals surface area contributed by atoms with Gasteiger partial charge in [-0.3, -0.25) is 0 Å². The summed E-state index contributed by atoms with van der Waals surface area (Å²) in [5, 5.41) is 8.86. The van der Waals surface area contributed by atoms with E-state index in [0.29, 0.717) is 5.75 Å². The fourth-order valence-electron chi connectivity index (χ4n) is 4.74. The number of hydrogen-bond acceptors (Lipinski definition) is 3. The Morgan fingerprint density at radius 2 is 1.61 bits per heavy atom. The molecule has 0 unspecified atom stereocenters. The minimum absolute atomic E-state index is 0.329. The van der Waals surface area contributed by atoms with Gasteiger partial charge in [0, 0.05) is 10.6 Å². The number of thioether (sulfide) groups is 1. The van der Waals surface area contributed by atoms with Gasteiger partial charge in [0.25, 0.3) is 0 Å². The molecule has 4 heteroatoms. The van der Waals surface area contributed by atoms with Crippen molar-refractivity contribution in [1.29, 1.82) is 0 Å². The Labute approximate surface area is 216 Å². The van der Waals surface area contributed by atoms with E-state index in [9.17, 15) is 4.79 Å². The van der Waals surface area contributed by atoms with Crippen LogP contribution < -0.4 is 4.74 Å². The van der Waals surface area contributed by atoms with Crippen LogP contribution in [-0.4, -0.2) is 23.4 Å². The third-order valence-corrected chi connectivity index (χ3v) is 7.43. The molecule has 0 saturated carbocycles. The highest BCUT2D eigenvalue weighted by Gasteiger charge is 2.18. The number of carboxylic acid groups (broad SMARTS) is 1. The Morgan fingerprint density at radius 1 is 0.861 bits per heavy atom. The van der Waals surface area contributed by atoms with Gasteiger partial charge >= 0.3 is 5.97 Å². The van der Waals surface area contributed by atoms with E-state index in [0.717, 1.165) is 29.1 Å². The van der Waals surface area contributed by atoms with Crippen LogP contribution in [0.15, 0.2) is 102 Å². The molecule has 0 aromatic heterocycles. The van der Waals surface area contributed by atoms with Gasteiger partial charge in [-0.05, 0) is 82.5 Å². The van der Waals surface area contributed by atoms with Crippen LogP contribution in [0.3, 0.4) is 0 Å². The van der Waals surface area contributed by atoms with Gasteiger partial charge in [0.2, 0.25) is 0 Å². The maximum atomic E-state index is 10.8. The molecule has 0 bridgehead atoms. The standard InChI is InChI=1S/C32H28O3S/c1-22-19-27(14-16-31(22)35-21-32(33)34)36-18-17-30-28-10-6-5-9-24(28)11-12-26-20-25(13-15-29(26)30)23-7-3-2-4-8-23/h2-10,13-17,19-20H,11-12,18,21H2,1H3,(H,33,34). The molecular formula is C32H28O3S. The van der Waals surface area contributed by atoms with Gasteiger partial charge in [0.1, 0.15) is 5.75 Å². The van der Waals surface area contributed by atoms with Crippen LogP contribution in [0.2, 0.25) is 0 Å². The summed E-state index contributed by atoms with van der Waals surface area (Å²) in [6, 6.07) is 32.1. The van der Waals surface area contributed by atoms with Gasteiger partial charge in [0.15, 0.2) is 6.61 Å². The van der Waals surface area contributed by atoms with Crippen LogP contribution >= 0.6 is 11.8 Å². The summed E-state index contributed by atoms with van der Waals surface area (Å²) in [6.07, 6.45) is 4.40. The maximum Gasteiger partial charge on any atom is 0.341 e. The molecule has 4 aromatic rings. The van der Waals surface area contributed by atoms with Crippen LogP contribution in [0.25, 0.3) is 16.7 Å². The van der Waals surface area contributed by atoms with Crippen molar-refractivity contribution in [2.45, 2.75) is 24.7 Å². The summed E-state index contributed by atoms with van der Waals surface area (Å²) >= 11 is 1.77. The van der Waals surface area contributed by atoms with Crippen molar-refractivity contribution in [2.24, 2.45) is 0 Å². The van der Waals surface area contributed by atoms with Gasteiger partial charge < -0.3 is 9.84 Å². The van der Waals surface area contributed by atoms with Crippen LogP contribution in [0.4, 0.5) is 0 Å². The maximum absolute atomic E-state index is 10.8. The molecule has 5 rings (SSSR count). The minimum Gasteiger partial charge on any atom is -0.482 e. The van der Waals surface area contributed by atoms with E-state index >= 15 is 0 Å². The average molecular weight is 493 g/mol. The molecule has 4 aromatic carbocycles. The van der Waals surface area contributed by atoms with Crippen molar-refractivity contribution < 1.29 is 14.6 Å². The molecule has 0 radical (unpaired) electrons. The molecule has 0 fully saturated rings. The fourth-order valence-corrected chi connectivity index (χ4v) is 5.61. The first-order chi connectivity index (χ1) is 17.6. The summed E-state index contributed by atoms with van der Waals surface area (Å²) in [5.74, 6) is 0.471. The Morgan fingerprint density at radius 3 is 2.42 bits per heavy atom. The Bertz CT molecular complexity index is 1420. The molecule has 0 atom stereocenters. The molecule has 36 heavy (non-hydrogen) atoms. The third-order valence-electron chi connectivity index (χ3n) is 6.51. The summed E-state index contributed by atoms with van der Waals surface area (Å²) < 4.78 is 5.37. The number of aliphatic carboxylic acids is 1. The highest BCUT2D eigenvalue weighted by Crippen LogP contribution is 2.36. The molecule has 3 nitrogen and oxygen atoms in total. The first kappa shape index (κ1) is 24.0. The van der Waals surface area contributed by atoms with Crippen LogP contribution in [0.5, 0.6) is 5.75 Å². The minimum atomic E-state index is -0.973. The Kier molecular flexibility index (Phi) is 7.24. The first-order valence-electron chi connectivity index (χ1n) is 12.1. The predicted molar refractivity (Wildman–Crippen MR) is 148 cm³/mol. The zero-order valence-electron chi connectivity index (χ0n) is 20.2. The van der Waals surface area contributed by atoms with E-state index in [4.69, 9.17) is 9.84 Å². The first-order valence-corrected chi connectivity index (χ1v) is 13.1. The number of carbonyl (C=O) groups is 1. The number of aryl methyl sites for hydroxylation is 3. The van der Waals surface area contributed by atoms with Crippen molar-refractivity contribution in [1.82, 2.24) is 0 Å². The Balaban J connectivity index is 1.42. The predicted octanol–water partition coefficient (Wildman–Crippen LogP) is 7.45. The second-order valence-electron chi connectivity index (χ2n) is 8.93. The summed E-state index contributed by atoms with van der Waals surface area (Å²) in [5.41, 5.74) is 10.1. The highest BCUT2D eigenvalue weighted by molar-refractivity contribution is 7.99. The third kappa shape index (κ3) is 5.39. The molecule has 180 valence electrons. The summed E-state index contributed by atoms with van der Waals surface area (Å²) in [7, 11) is 0. The van der Waals surface area contributed by atoms with Crippen LogP contribution in [-0.2, 0) is 17.6 Å². The molecule has 1 aliphatic carbocycles. The molecule has 0 spiro atoms. The van der Waals surface area contributed by atoms with Gasteiger partial charge in [-0.25, -0.2) is 4.79 Å². The molecule has 0 saturated heterocycles. The monoisotopic (exact) mass is 492 g/mol. The number of rotatable bonds is 7. The number of fused-ring (bicyclic) bond motifs is 2. The van der Waals surface area contributed by atoms with Gasteiger partial charge in [-0.1, -0.05) is 78.9 Å². The molecule has 0 aliphatic heterocycles. The lowest BCUT2D eigenvalue weighted by atomic mass is 9.92. The largest absolute Gasteiger partial charge is 0.482 e. The zero-order valence-corrected chi connectivity index (χ0v) is 21.1. The van der Waals surface area contributed by atoms with Crippen molar-refractivity contribution in [2.75, 3.05) is 12.4 Å². The highest BCUT2D eigenvalue weighted by atomic mass is 32.2. The topological polar surface area (TPSA) is 46.5 Å². The lowest BCUT2D eigenvalue weighted by molar-refractivity contribution is -0.139. The number of benzene rings is 4. The normalized spacial score (nSPS) is 13.5. The van der Waals surface area contributed by atoms with E-state index < -0.39 is 5.97 Å². The Hall–Kier alpha value is -3.76. The van der Waals surface area contributed by atoms with Gasteiger partial charge in [-0.2, -0.15) is 0 Å². The molecule has 0 amide bonds. The fraction of sp³-hybridized carbons (Fsp3) is 0.156. The molecule has 1 N–H and O–H groups in total. The van der Waals surface area contributed by atoms with Crippen LogP contribution in [0, 0.1) is 6.92 Å². The summed E-state index contributed by atoms with van der Waals surface area (Å²) in [4.78, 5) is 11.9. The summed E-state index contributed by atoms with van der Waals surface area (Å²) in [6.45, 7) is 1.62. The second-order valence-corrected chi connectivity index (χ2v) is 10.0. The lowest BCUT2D eigenvalue weighted by Crippen LogP contribution is -2.09. The molecular weight excluding hydrogens is 464 g/mol. The van der Waals surface area contributed by atoms with Gasteiger partial charge in [0.05, 0.1) is 0 Å². The second kappa shape index (κ2) is 10.9. The molecule has 0 heterocycles.